The Labute approximate surface area is 111 Å². The van der Waals surface area contributed by atoms with Gasteiger partial charge in [0.25, 0.3) is 0 Å². The van der Waals surface area contributed by atoms with Gasteiger partial charge in [-0.15, -0.1) is 0 Å². The van der Waals surface area contributed by atoms with Crippen LogP contribution in [0.5, 0.6) is 5.75 Å². The van der Waals surface area contributed by atoms with Crippen LogP contribution in [0.3, 0.4) is 0 Å². The van der Waals surface area contributed by atoms with E-state index < -0.39 is 5.41 Å². The number of halogens is 1. The van der Waals surface area contributed by atoms with Gasteiger partial charge in [0.2, 0.25) is 0 Å². The molecule has 1 heterocycles. The first-order chi connectivity index (χ1) is 8.49. The van der Waals surface area contributed by atoms with E-state index in [-0.39, 0.29) is 11.8 Å². The van der Waals surface area contributed by atoms with E-state index in [2.05, 4.69) is 0 Å². The predicted molar refractivity (Wildman–Crippen MR) is 69.2 cm³/mol. The van der Waals surface area contributed by atoms with E-state index in [4.69, 9.17) is 26.8 Å². The maximum atomic E-state index is 12.5. The van der Waals surface area contributed by atoms with Crippen molar-refractivity contribution in [1.82, 2.24) is 0 Å². The number of benzene rings is 1. The molecule has 18 heavy (non-hydrogen) atoms. The van der Waals surface area contributed by atoms with Crippen LogP contribution in [-0.4, -0.2) is 32.1 Å². The molecule has 1 saturated heterocycles. The topological polar surface area (TPSA) is 61.5 Å². The van der Waals surface area contributed by atoms with Gasteiger partial charge in [-0.2, -0.15) is 0 Å². The van der Waals surface area contributed by atoms with E-state index in [0.717, 1.165) is 0 Å². The molecule has 0 spiro atoms. The maximum absolute atomic E-state index is 12.5. The van der Waals surface area contributed by atoms with Gasteiger partial charge in [-0.25, -0.2) is 0 Å². The Hall–Kier alpha value is -1.10. The van der Waals surface area contributed by atoms with Gasteiger partial charge in [0.15, 0.2) is 5.78 Å². The summed E-state index contributed by atoms with van der Waals surface area (Å²) in [5, 5.41) is 0.478. The summed E-state index contributed by atoms with van der Waals surface area (Å²) in [7, 11) is 1.52. The van der Waals surface area contributed by atoms with Crippen molar-refractivity contribution < 1.29 is 14.3 Å². The Morgan fingerprint density at radius 2 is 2.33 bits per heavy atom. The fourth-order valence-electron chi connectivity index (χ4n) is 2.05. The van der Waals surface area contributed by atoms with Crippen molar-refractivity contribution in [3.05, 3.63) is 28.8 Å². The summed E-state index contributed by atoms with van der Waals surface area (Å²) in [4.78, 5) is 12.5. The minimum absolute atomic E-state index is 0.0394. The number of nitrogens with two attached hydrogens (primary N) is 1. The van der Waals surface area contributed by atoms with E-state index >= 15 is 0 Å². The molecule has 2 atom stereocenters. The first-order valence-electron chi connectivity index (χ1n) is 5.70. The van der Waals surface area contributed by atoms with Crippen molar-refractivity contribution in [2.75, 3.05) is 20.3 Å². The number of carbonyl (C=O) groups is 1. The van der Waals surface area contributed by atoms with E-state index in [9.17, 15) is 4.79 Å². The Morgan fingerprint density at radius 1 is 1.61 bits per heavy atom. The molecule has 0 radical (unpaired) electrons. The van der Waals surface area contributed by atoms with E-state index in [1.165, 1.54) is 7.11 Å². The molecular formula is C13H16ClNO3. The lowest BCUT2D eigenvalue weighted by molar-refractivity contribution is 0.0767. The smallest absolute Gasteiger partial charge is 0.172 e. The lowest BCUT2D eigenvalue weighted by atomic mass is 9.78. The zero-order chi connectivity index (χ0) is 13.3. The number of Topliss-reactive ketones (excluding diaryl/α,β-unsaturated/α-hetero) is 1. The summed E-state index contributed by atoms with van der Waals surface area (Å²) in [6.07, 6.45) is 0. The van der Waals surface area contributed by atoms with E-state index in [1.807, 2.05) is 6.92 Å². The highest BCUT2D eigenvalue weighted by Gasteiger charge is 2.44. The van der Waals surface area contributed by atoms with Crippen LogP contribution >= 0.6 is 11.6 Å². The van der Waals surface area contributed by atoms with Gasteiger partial charge in [0.1, 0.15) is 5.75 Å². The first kappa shape index (κ1) is 13.3. The maximum Gasteiger partial charge on any atom is 0.172 e. The summed E-state index contributed by atoms with van der Waals surface area (Å²) >= 11 is 5.94. The summed E-state index contributed by atoms with van der Waals surface area (Å²) in [5.41, 5.74) is 5.81. The van der Waals surface area contributed by atoms with Gasteiger partial charge >= 0.3 is 0 Å². The standard InChI is InChI=1S/C13H16ClNO3/c1-13(7-18-6-11(13)15)12(16)8-3-4-9(14)10(5-8)17-2/h3-5,11H,6-7,15H2,1-2H3. The number of ketones is 1. The quantitative estimate of drug-likeness (QED) is 0.852. The average Bonchev–Trinajstić information content (AvgIpc) is 2.70. The van der Waals surface area contributed by atoms with Gasteiger partial charge in [-0.3, -0.25) is 4.79 Å². The largest absolute Gasteiger partial charge is 0.495 e. The van der Waals surface area contributed by atoms with Crippen molar-refractivity contribution in [1.29, 1.82) is 0 Å². The van der Waals surface area contributed by atoms with Gasteiger partial charge in [0.05, 0.1) is 30.8 Å². The number of hydrogen-bond acceptors (Lipinski definition) is 4. The van der Waals surface area contributed by atoms with Gasteiger partial charge in [-0.1, -0.05) is 11.6 Å². The summed E-state index contributed by atoms with van der Waals surface area (Å²) in [5.74, 6) is 0.445. The molecule has 5 heteroatoms. The molecule has 0 aromatic heterocycles. The van der Waals surface area contributed by atoms with Crippen molar-refractivity contribution in [2.24, 2.45) is 11.1 Å². The molecule has 4 nitrogen and oxygen atoms in total. The molecule has 1 aliphatic rings. The van der Waals surface area contributed by atoms with Crippen LogP contribution in [0.2, 0.25) is 5.02 Å². The number of carbonyl (C=O) groups excluding carboxylic acids is 1. The molecule has 2 N–H and O–H groups in total. The van der Waals surface area contributed by atoms with Crippen LogP contribution in [0.25, 0.3) is 0 Å². The normalized spacial score (nSPS) is 27.2. The molecule has 0 saturated carbocycles. The second-order valence-electron chi connectivity index (χ2n) is 4.72. The molecule has 1 fully saturated rings. The highest BCUT2D eigenvalue weighted by Crippen LogP contribution is 2.33. The van der Waals surface area contributed by atoms with Crippen LogP contribution in [0, 0.1) is 5.41 Å². The molecule has 0 aliphatic carbocycles. The lowest BCUT2D eigenvalue weighted by Gasteiger charge is -2.25. The summed E-state index contributed by atoms with van der Waals surface area (Å²) in [6.45, 7) is 2.58. The van der Waals surface area contributed by atoms with Gasteiger partial charge in [-0.05, 0) is 25.1 Å². The molecule has 98 valence electrons. The highest BCUT2D eigenvalue weighted by molar-refractivity contribution is 6.32. The number of rotatable bonds is 3. The van der Waals surface area contributed by atoms with E-state index in [0.29, 0.717) is 29.5 Å². The number of ether oxygens (including phenoxy) is 2. The Bertz CT molecular complexity index is 477. The van der Waals surface area contributed by atoms with Crippen LogP contribution < -0.4 is 10.5 Å². The third kappa shape index (κ3) is 2.11. The third-order valence-corrected chi connectivity index (χ3v) is 3.76. The molecule has 1 aliphatic heterocycles. The van der Waals surface area contributed by atoms with Crippen LogP contribution in [0.4, 0.5) is 0 Å². The Balaban J connectivity index is 2.34. The summed E-state index contributed by atoms with van der Waals surface area (Å²) < 4.78 is 10.4. The Kier molecular flexibility index (Phi) is 3.61. The lowest BCUT2D eigenvalue weighted by Crippen LogP contribution is -2.44. The molecule has 2 rings (SSSR count). The number of methoxy groups -OCH3 is 1. The zero-order valence-electron chi connectivity index (χ0n) is 10.4. The fourth-order valence-corrected chi connectivity index (χ4v) is 2.25. The molecule has 1 aromatic carbocycles. The minimum atomic E-state index is -0.682. The second kappa shape index (κ2) is 4.88. The van der Waals surface area contributed by atoms with E-state index in [1.54, 1.807) is 18.2 Å². The molecule has 0 amide bonds. The molecule has 2 unspecified atom stereocenters. The summed E-state index contributed by atoms with van der Waals surface area (Å²) in [6, 6.07) is 4.69. The zero-order valence-corrected chi connectivity index (χ0v) is 11.2. The molecular weight excluding hydrogens is 254 g/mol. The third-order valence-electron chi connectivity index (χ3n) is 3.45. The van der Waals surface area contributed by atoms with Crippen LogP contribution in [-0.2, 0) is 4.74 Å². The minimum Gasteiger partial charge on any atom is -0.495 e. The monoisotopic (exact) mass is 269 g/mol. The Morgan fingerprint density at radius 3 is 2.89 bits per heavy atom. The molecule has 1 aromatic rings. The SMILES string of the molecule is COc1cc(C(=O)C2(C)COCC2N)ccc1Cl. The van der Waals surface area contributed by atoms with Crippen molar-refractivity contribution in [2.45, 2.75) is 13.0 Å². The predicted octanol–water partition coefficient (Wildman–Crippen LogP) is 1.90. The second-order valence-corrected chi connectivity index (χ2v) is 5.12. The van der Waals surface area contributed by atoms with Crippen LogP contribution in [0.15, 0.2) is 18.2 Å². The van der Waals surface area contributed by atoms with Gasteiger partial charge in [0, 0.05) is 11.6 Å². The van der Waals surface area contributed by atoms with Crippen LogP contribution in [0.1, 0.15) is 17.3 Å². The average molecular weight is 270 g/mol. The van der Waals surface area contributed by atoms with Crippen molar-refractivity contribution in [3.63, 3.8) is 0 Å². The van der Waals surface area contributed by atoms with Crippen molar-refractivity contribution in [3.8, 4) is 5.75 Å². The fraction of sp³-hybridized carbons (Fsp3) is 0.462. The van der Waals surface area contributed by atoms with Gasteiger partial charge < -0.3 is 15.2 Å². The van der Waals surface area contributed by atoms with Crippen molar-refractivity contribution >= 4 is 17.4 Å². The first-order valence-corrected chi connectivity index (χ1v) is 6.08. The highest BCUT2D eigenvalue weighted by atomic mass is 35.5. The molecule has 0 bridgehead atoms. The number of hydrogen-bond donors (Lipinski definition) is 1.